The van der Waals surface area contributed by atoms with Crippen LogP contribution in [0.25, 0.3) is 0 Å². The second kappa shape index (κ2) is 27.0. The molecule has 2 N–H and O–H groups in total. The Morgan fingerprint density at radius 2 is 1.63 bits per heavy atom. The summed E-state index contributed by atoms with van der Waals surface area (Å²) >= 11 is 9.54. The smallest absolute Gasteiger partial charge is 0 e. The summed E-state index contributed by atoms with van der Waals surface area (Å²) in [6, 6.07) is 0. The molecule has 6 nitrogen and oxygen atoms in total. The number of cyclic esters (lactones) is 2. The average Bonchev–Trinajstić information content (AvgIpc) is 3.31. The third kappa shape index (κ3) is 23.5. The van der Waals surface area contributed by atoms with Crippen molar-refractivity contribution in [3.8, 4) is 0 Å². The van der Waals surface area contributed by atoms with E-state index in [1.54, 1.807) is 0 Å². The normalized spacial score (nSPS) is 21.8. The van der Waals surface area contributed by atoms with Crippen molar-refractivity contribution in [1.29, 1.82) is 0 Å². The molecule has 0 aliphatic carbocycles. The number of ether oxygens (including phenoxy) is 3. The van der Waals surface area contributed by atoms with Crippen molar-refractivity contribution in [3.63, 3.8) is 0 Å². The Morgan fingerprint density at radius 1 is 1.07 bits per heavy atom. The first kappa shape index (κ1) is 37.3. The van der Waals surface area contributed by atoms with Crippen molar-refractivity contribution in [3.05, 3.63) is 12.2 Å². The molecule has 2 unspecified atom stereocenters. The molecule has 3 aliphatic heterocycles. The molecule has 3 aliphatic rings. The Bertz CT molecular complexity index is 376. The van der Waals surface area contributed by atoms with E-state index in [1.165, 1.54) is 6.42 Å². The van der Waals surface area contributed by atoms with Crippen molar-refractivity contribution in [2.75, 3.05) is 26.4 Å². The monoisotopic (exact) mass is 1070 g/mol. The SMILES string of the molecule is C=C1CCOC1=O.CC1CCOC1.CC1CCOC1=O.I.II.I[I-]I.O.[HH].[HH]. The first-order valence-electron chi connectivity index (χ1n) is 7.52. The number of hydrogen-bond donors (Lipinski definition) is 0. The molecule has 0 aromatic rings. The van der Waals surface area contributed by atoms with Crippen LogP contribution in [0.2, 0.25) is 0 Å². The van der Waals surface area contributed by atoms with Gasteiger partial charge in [0.15, 0.2) is 0 Å². The van der Waals surface area contributed by atoms with E-state index in [9.17, 15) is 9.59 Å². The van der Waals surface area contributed by atoms with Crippen molar-refractivity contribution >= 4 is 110 Å². The second-order valence-corrected chi connectivity index (χ2v) is 21.6. The zero-order valence-electron chi connectivity index (χ0n) is 15.2. The predicted octanol–water partition coefficient (Wildman–Crippen LogP) is 2.93. The summed E-state index contributed by atoms with van der Waals surface area (Å²) in [7, 11) is 0. The summed E-state index contributed by atoms with van der Waals surface area (Å²) in [4.78, 5) is 20.6. The minimum absolute atomic E-state index is 0. The molecule has 0 aromatic carbocycles. The first-order chi connectivity index (χ1) is 11.9. The van der Waals surface area contributed by atoms with Crippen molar-refractivity contribution in [2.45, 2.75) is 33.1 Å². The van der Waals surface area contributed by atoms with Crippen molar-refractivity contribution in [1.82, 2.24) is 0 Å². The molecule has 0 amide bonds. The van der Waals surface area contributed by atoms with Crippen molar-refractivity contribution < 1.29 is 45.4 Å². The van der Waals surface area contributed by atoms with E-state index in [-0.39, 0.29) is 50.2 Å². The Balaban J connectivity index is -0.0000000581. The van der Waals surface area contributed by atoms with Crippen LogP contribution in [0.1, 0.15) is 36.0 Å². The largest absolute Gasteiger partial charge is 0.412 e. The fourth-order valence-electron chi connectivity index (χ4n) is 1.72. The van der Waals surface area contributed by atoms with Crippen LogP contribution in [0.15, 0.2) is 12.2 Å². The molecule has 27 heavy (non-hydrogen) atoms. The predicted molar refractivity (Wildman–Crippen MR) is 153 cm³/mol. The summed E-state index contributed by atoms with van der Waals surface area (Å²) in [5.41, 5.74) is 0.597. The van der Waals surface area contributed by atoms with Crippen LogP contribution in [-0.4, -0.2) is 43.8 Å². The fraction of sp³-hybridized carbons (Fsp3) is 0.733. The number of rotatable bonds is 0. The van der Waals surface area contributed by atoms with Gasteiger partial charge in [0.2, 0.25) is 0 Å². The first-order valence-corrected chi connectivity index (χ1v) is 26.4. The van der Waals surface area contributed by atoms with E-state index < -0.39 is 0 Å². The Kier molecular flexibility index (Phi) is 37.3. The number of carbonyl (C=O) groups is 2. The van der Waals surface area contributed by atoms with Gasteiger partial charge in [0.05, 0.1) is 19.1 Å². The summed E-state index contributed by atoms with van der Waals surface area (Å²) in [5.74, 6) is 0.699. The van der Waals surface area contributed by atoms with Crippen LogP contribution < -0.4 is 13.3 Å². The van der Waals surface area contributed by atoms with Gasteiger partial charge in [-0.05, 0) is 18.8 Å². The molecule has 3 fully saturated rings. The fourth-order valence-corrected chi connectivity index (χ4v) is 1.72. The van der Waals surface area contributed by atoms with Gasteiger partial charge in [-0.3, -0.25) is 4.79 Å². The molecule has 3 saturated heterocycles. The maximum Gasteiger partial charge on any atom is 0 e. The summed E-state index contributed by atoms with van der Waals surface area (Å²) in [5, 5.41) is 0. The van der Waals surface area contributed by atoms with Crippen LogP contribution in [0.5, 0.6) is 0 Å². The average molecular weight is 1070 g/mol. The van der Waals surface area contributed by atoms with Gasteiger partial charge in [-0.1, -0.05) is 20.4 Å². The molecule has 0 radical (unpaired) electrons. The van der Waals surface area contributed by atoms with Crippen LogP contribution in [0.3, 0.4) is 0 Å². The molecule has 0 bridgehead atoms. The van der Waals surface area contributed by atoms with Gasteiger partial charge in [0.25, 0.3) is 0 Å². The molecule has 0 spiro atoms. The summed E-state index contributed by atoms with van der Waals surface area (Å²) in [6.07, 6.45) is 2.87. The number of esters is 2. The van der Waals surface area contributed by atoms with Crippen LogP contribution in [0, 0.1) is 11.8 Å². The van der Waals surface area contributed by atoms with E-state index >= 15 is 0 Å². The number of hydrogen-bond acceptors (Lipinski definition) is 5. The van der Waals surface area contributed by atoms with Gasteiger partial charge >= 0.3 is 62.4 Å². The minimum Gasteiger partial charge on any atom is -0.412 e. The van der Waals surface area contributed by atoms with Crippen LogP contribution in [-0.2, 0) is 23.8 Å². The Hall–Kier alpha value is 2.98. The third-order valence-corrected chi connectivity index (χ3v) is 3.28. The molecule has 0 saturated carbocycles. The molecular formula is C15H31I6O6-. The third-order valence-electron chi connectivity index (χ3n) is 3.28. The minimum atomic E-state index is -0.236. The standard InChI is InChI=1S/C5H8O2.C5H6O2.C5H10O.I3.I2.HI.H2O.2H2/c2*1-4-2-3-7-5(4)6;1-5-2-3-6-4-5;1-3-2;1-2;;;;/h4H,2-3H2,1H3;1-3H2;5H,2-4H2,1H3;;;1H;1H2;2*1H/q;;;-1;;;;;. The van der Waals surface area contributed by atoms with Gasteiger partial charge in [-0.25, -0.2) is 4.79 Å². The maximum absolute atomic E-state index is 10.4. The topological polar surface area (TPSA) is 93.3 Å². The van der Waals surface area contributed by atoms with Gasteiger partial charge in [-0.15, -0.1) is 24.0 Å². The second-order valence-electron chi connectivity index (χ2n) is 5.37. The van der Waals surface area contributed by atoms with Crippen LogP contribution >= 0.6 is 98.4 Å². The quantitative estimate of drug-likeness (QED) is 0.212. The maximum atomic E-state index is 10.4. The molecule has 2 atom stereocenters. The molecule has 12 heteroatoms. The van der Waals surface area contributed by atoms with E-state index in [1.807, 2.05) is 6.92 Å². The van der Waals surface area contributed by atoms with Gasteiger partial charge in [-0.2, -0.15) is 0 Å². The summed E-state index contributed by atoms with van der Waals surface area (Å²) < 4.78 is 14.2. The van der Waals surface area contributed by atoms with E-state index in [4.69, 9.17) is 4.74 Å². The molecule has 3 heterocycles. The van der Waals surface area contributed by atoms with E-state index in [0.717, 1.165) is 25.6 Å². The van der Waals surface area contributed by atoms with Gasteiger partial charge in [0.1, 0.15) is 0 Å². The Morgan fingerprint density at radius 3 is 1.74 bits per heavy atom. The molecule has 3 rings (SSSR count). The number of carbonyl (C=O) groups excluding carboxylic acids is 2. The molecule has 0 aromatic heterocycles. The van der Waals surface area contributed by atoms with Crippen LogP contribution in [0.4, 0.5) is 0 Å². The van der Waals surface area contributed by atoms with Gasteiger partial charge < -0.3 is 19.7 Å². The Labute approximate surface area is 235 Å². The summed E-state index contributed by atoms with van der Waals surface area (Å²) in [6.45, 7) is 10.7. The van der Waals surface area contributed by atoms with Crippen molar-refractivity contribution in [2.24, 2.45) is 11.8 Å². The number of halogens is 6. The molecule has 170 valence electrons. The van der Waals surface area contributed by atoms with Gasteiger partial charge in [0, 0.05) is 65.3 Å². The zero-order valence-corrected chi connectivity index (χ0v) is 28.3. The van der Waals surface area contributed by atoms with E-state index in [0.29, 0.717) is 38.5 Å². The molecular weight excluding hydrogens is 1040 g/mol. The zero-order chi connectivity index (χ0) is 19.7. The van der Waals surface area contributed by atoms with E-state index in [2.05, 4.69) is 97.4 Å².